The number of benzene rings is 2. The van der Waals surface area contributed by atoms with Crippen LogP contribution in [0.25, 0.3) is 0 Å². The first-order valence-electron chi connectivity index (χ1n) is 14.0. The predicted octanol–water partition coefficient (Wildman–Crippen LogP) is 5.26. The molecule has 8 nitrogen and oxygen atoms in total. The summed E-state index contributed by atoms with van der Waals surface area (Å²) in [5, 5.41) is -1.25. The maximum atomic E-state index is 14.4. The van der Waals surface area contributed by atoms with Gasteiger partial charge in [-0.05, 0) is 56.9 Å². The van der Waals surface area contributed by atoms with Crippen molar-refractivity contribution in [2.45, 2.75) is 108 Å². The van der Waals surface area contributed by atoms with E-state index in [1.165, 1.54) is 28.6 Å². The number of ketones is 1. The highest BCUT2D eigenvalue weighted by atomic mass is 32.2. The first kappa shape index (κ1) is 32.9. The Morgan fingerprint density at radius 1 is 0.902 bits per heavy atom. The van der Waals surface area contributed by atoms with Crippen molar-refractivity contribution in [3.8, 4) is 0 Å². The third-order valence-electron chi connectivity index (χ3n) is 7.56. The lowest BCUT2D eigenvalue weighted by molar-refractivity contribution is -0.153. The highest BCUT2D eigenvalue weighted by Crippen LogP contribution is 2.41. The zero-order chi connectivity index (χ0) is 30.9. The first-order chi connectivity index (χ1) is 18.9. The topological polar surface area (TPSA) is 115 Å². The van der Waals surface area contributed by atoms with Gasteiger partial charge in [0.25, 0.3) is 0 Å². The molecule has 3 rings (SSSR count). The zero-order valence-electron chi connectivity index (χ0n) is 25.2. The Kier molecular flexibility index (Phi) is 9.93. The van der Waals surface area contributed by atoms with Crippen molar-refractivity contribution in [2.75, 3.05) is 0 Å². The van der Waals surface area contributed by atoms with E-state index in [2.05, 4.69) is 0 Å². The minimum atomic E-state index is -4.23. The number of ether oxygens (including phenoxy) is 1. The quantitative estimate of drug-likeness (QED) is 0.358. The number of nitrogens with zero attached hydrogens (tertiary/aromatic N) is 1. The van der Waals surface area contributed by atoms with Crippen molar-refractivity contribution in [1.82, 2.24) is 4.31 Å². The Labute approximate surface area is 245 Å². The van der Waals surface area contributed by atoms with E-state index in [1.54, 1.807) is 45.0 Å². The molecule has 41 heavy (non-hydrogen) atoms. The van der Waals surface area contributed by atoms with Gasteiger partial charge in [-0.3, -0.25) is 9.59 Å². The number of aryl methyl sites for hydroxylation is 2. The van der Waals surface area contributed by atoms with Gasteiger partial charge in [0.1, 0.15) is 17.1 Å². The van der Waals surface area contributed by atoms with Gasteiger partial charge in [-0.15, -0.1) is 0 Å². The van der Waals surface area contributed by atoms with Crippen LogP contribution in [0.1, 0.15) is 71.9 Å². The molecule has 2 aromatic rings. The van der Waals surface area contributed by atoms with Gasteiger partial charge in [-0.2, -0.15) is 4.31 Å². The van der Waals surface area contributed by atoms with Gasteiger partial charge in [0.2, 0.25) is 10.0 Å². The molecule has 0 aromatic heterocycles. The summed E-state index contributed by atoms with van der Waals surface area (Å²) >= 11 is 0. The molecule has 0 amide bonds. The van der Waals surface area contributed by atoms with Crippen LogP contribution >= 0.6 is 0 Å². The van der Waals surface area contributed by atoms with Crippen LogP contribution in [0.2, 0.25) is 0 Å². The fourth-order valence-electron chi connectivity index (χ4n) is 5.37. The van der Waals surface area contributed by atoms with E-state index in [0.717, 1.165) is 18.1 Å². The molecule has 4 atom stereocenters. The Morgan fingerprint density at radius 3 is 1.83 bits per heavy atom. The molecule has 0 saturated carbocycles. The number of sulfone groups is 1. The first-order valence-corrected chi connectivity index (χ1v) is 17.0. The third kappa shape index (κ3) is 7.45. The summed E-state index contributed by atoms with van der Waals surface area (Å²) in [6.45, 7) is 13.9. The Bertz CT molecular complexity index is 1460. The third-order valence-corrected chi connectivity index (χ3v) is 11.7. The molecule has 2 aromatic carbocycles. The van der Waals surface area contributed by atoms with Crippen molar-refractivity contribution in [2.24, 2.45) is 11.3 Å². The molecule has 0 aliphatic carbocycles. The molecule has 0 bridgehead atoms. The van der Waals surface area contributed by atoms with E-state index < -0.39 is 54.7 Å². The van der Waals surface area contributed by atoms with Crippen molar-refractivity contribution >= 4 is 31.6 Å². The summed E-state index contributed by atoms with van der Waals surface area (Å²) in [6, 6.07) is 10.8. The molecule has 226 valence electrons. The normalized spacial score (nSPS) is 22.5. The lowest BCUT2D eigenvalue weighted by Gasteiger charge is -2.48. The number of carbonyl (C=O) groups excluding carboxylic acids is 2. The second kappa shape index (κ2) is 12.4. The molecule has 1 aliphatic rings. The van der Waals surface area contributed by atoms with Crippen molar-refractivity contribution in [1.29, 1.82) is 0 Å². The van der Waals surface area contributed by atoms with E-state index in [-0.39, 0.29) is 34.3 Å². The van der Waals surface area contributed by atoms with Crippen LogP contribution in [-0.2, 0) is 34.2 Å². The molecule has 0 unspecified atom stereocenters. The highest BCUT2D eigenvalue weighted by molar-refractivity contribution is 7.92. The Balaban J connectivity index is 2.30. The van der Waals surface area contributed by atoms with E-state index >= 15 is 0 Å². The zero-order valence-corrected chi connectivity index (χ0v) is 26.9. The highest BCUT2D eigenvalue weighted by Gasteiger charge is 2.55. The maximum Gasteiger partial charge on any atom is 0.303 e. The van der Waals surface area contributed by atoms with Crippen molar-refractivity contribution in [3.63, 3.8) is 0 Å². The molecular weight excluding hydrogens is 562 g/mol. The van der Waals surface area contributed by atoms with Gasteiger partial charge in [-0.25, -0.2) is 16.8 Å². The van der Waals surface area contributed by atoms with E-state index in [9.17, 15) is 26.4 Å². The van der Waals surface area contributed by atoms with E-state index in [4.69, 9.17) is 4.74 Å². The second-order valence-corrected chi connectivity index (χ2v) is 16.6. The molecule has 1 fully saturated rings. The fraction of sp³-hybridized carbons (Fsp3) is 0.548. The average Bonchev–Trinajstić information content (AvgIpc) is 2.84. The summed E-state index contributed by atoms with van der Waals surface area (Å²) < 4.78 is 64.0. The number of Topliss-reactive ketones (excluding diaryl/α,β-unsaturated/α-hetero) is 1. The lowest BCUT2D eigenvalue weighted by atomic mass is 9.82. The van der Waals surface area contributed by atoms with Crippen LogP contribution in [0.4, 0.5) is 0 Å². The fourth-order valence-corrected chi connectivity index (χ4v) is 9.14. The number of sulfonamides is 1. The number of piperidine rings is 1. The summed E-state index contributed by atoms with van der Waals surface area (Å²) in [4.78, 5) is 26.0. The molecular formula is C31H43NO7S2. The molecule has 1 saturated heterocycles. The number of esters is 1. The lowest BCUT2D eigenvalue weighted by Crippen LogP contribution is -2.64. The van der Waals surface area contributed by atoms with E-state index in [1.807, 2.05) is 27.7 Å². The van der Waals surface area contributed by atoms with Crippen LogP contribution in [-0.4, -0.2) is 56.3 Å². The summed E-state index contributed by atoms with van der Waals surface area (Å²) in [5.41, 5.74) is 0.921. The van der Waals surface area contributed by atoms with Crippen LogP contribution in [0, 0.1) is 25.2 Å². The smallest absolute Gasteiger partial charge is 0.303 e. The largest absolute Gasteiger partial charge is 0.459 e. The van der Waals surface area contributed by atoms with Crippen LogP contribution < -0.4 is 0 Å². The molecule has 0 spiro atoms. The molecule has 1 aliphatic heterocycles. The Hall–Kier alpha value is -2.56. The van der Waals surface area contributed by atoms with Gasteiger partial charge in [0, 0.05) is 24.8 Å². The molecule has 10 heteroatoms. The molecule has 0 radical (unpaired) electrons. The minimum absolute atomic E-state index is 0.0164. The minimum Gasteiger partial charge on any atom is -0.459 e. The standard InChI is InChI=1S/C31H43NO7S2/c1-20(2)17-24-18-28(40(35,36)25-13-9-21(3)10-14-25)30(39-23(5)33)27(19-29(34)31(6,7)8)32(24)41(37,38)26-15-11-22(4)12-16-26/h9-16,20,24,27-28,30H,17-19H2,1-8H3/t24-,27-,28-,30-/m0/s1. The van der Waals surface area contributed by atoms with Crippen LogP contribution in [0.15, 0.2) is 58.3 Å². The van der Waals surface area contributed by atoms with Gasteiger partial charge in [0.15, 0.2) is 9.84 Å². The van der Waals surface area contributed by atoms with Gasteiger partial charge >= 0.3 is 5.97 Å². The number of hydrogen-bond donors (Lipinski definition) is 0. The van der Waals surface area contributed by atoms with Crippen LogP contribution in [0.3, 0.4) is 0 Å². The number of hydrogen-bond acceptors (Lipinski definition) is 7. The second-order valence-electron chi connectivity index (χ2n) is 12.6. The number of rotatable bonds is 9. The Morgan fingerprint density at radius 2 is 1.39 bits per heavy atom. The SMILES string of the molecule is CC(=O)O[C@H]1[C@H](CC(=O)C(C)(C)C)N(S(=O)(=O)c2ccc(C)cc2)[C@@H](CC(C)C)C[C@@H]1S(=O)(=O)c1ccc(C)cc1. The van der Waals surface area contributed by atoms with Crippen molar-refractivity contribution < 1.29 is 31.2 Å². The maximum absolute atomic E-state index is 14.4. The number of carbonyl (C=O) groups is 2. The van der Waals surface area contributed by atoms with Gasteiger partial charge in [-0.1, -0.05) is 70.0 Å². The summed E-state index contributed by atoms with van der Waals surface area (Å²) in [5.74, 6) is -0.995. The van der Waals surface area contributed by atoms with Crippen molar-refractivity contribution in [3.05, 3.63) is 59.7 Å². The van der Waals surface area contributed by atoms with Gasteiger partial charge < -0.3 is 4.74 Å². The monoisotopic (exact) mass is 605 g/mol. The molecule has 0 N–H and O–H groups in total. The summed E-state index contributed by atoms with van der Waals surface area (Å²) in [7, 11) is -8.32. The molecule has 1 heterocycles. The average molecular weight is 606 g/mol. The summed E-state index contributed by atoms with van der Waals surface area (Å²) in [6.07, 6.45) is -1.43. The van der Waals surface area contributed by atoms with Gasteiger partial charge in [0.05, 0.1) is 15.8 Å². The predicted molar refractivity (Wildman–Crippen MR) is 159 cm³/mol. The van der Waals surface area contributed by atoms with E-state index in [0.29, 0.717) is 6.42 Å². The van der Waals surface area contributed by atoms with Crippen LogP contribution in [0.5, 0.6) is 0 Å².